The number of allylic oxidation sites excluding steroid dienone is 4. The van der Waals surface area contributed by atoms with Gasteiger partial charge in [-0.05, 0) is 49.0 Å². The Morgan fingerprint density at radius 1 is 0.900 bits per heavy atom. The fraction of sp³-hybridized carbons (Fsp3) is 0.368. The first-order valence-corrected chi connectivity index (χ1v) is 11.0. The van der Waals surface area contributed by atoms with Crippen molar-refractivity contribution in [1.29, 1.82) is 0 Å². The molecule has 2 rings (SSSR count). The van der Waals surface area contributed by atoms with Crippen LogP contribution in [-0.2, 0) is 0 Å². The second-order valence-corrected chi connectivity index (χ2v) is 11.1. The van der Waals surface area contributed by atoms with Gasteiger partial charge in [-0.25, -0.2) is 0 Å². The molecule has 0 bridgehead atoms. The highest BCUT2D eigenvalue weighted by Gasteiger charge is 2.07. The van der Waals surface area contributed by atoms with Gasteiger partial charge < -0.3 is 0 Å². The van der Waals surface area contributed by atoms with Crippen molar-refractivity contribution >= 4 is 13.6 Å². The van der Waals surface area contributed by atoms with Gasteiger partial charge in [-0.2, -0.15) is 0 Å². The summed E-state index contributed by atoms with van der Waals surface area (Å²) in [6.45, 7) is 6.84. The van der Waals surface area contributed by atoms with E-state index in [-0.39, 0.29) is 0 Å². The Morgan fingerprint density at radius 2 is 1.60 bits per heavy atom. The third kappa shape index (κ3) is 4.87. The van der Waals surface area contributed by atoms with Crippen molar-refractivity contribution in [2.24, 2.45) is 0 Å². The fourth-order valence-electron chi connectivity index (χ4n) is 2.22. The Morgan fingerprint density at radius 3 is 2.30 bits per heavy atom. The molecule has 104 valence electrons. The number of hydrogen-bond donors (Lipinski definition) is 0. The summed E-state index contributed by atoms with van der Waals surface area (Å²) in [4.78, 5) is 0. The smallest absolute Gasteiger partial charge is 0.127 e. The third-order valence-corrected chi connectivity index (χ3v) is 4.18. The van der Waals surface area contributed by atoms with E-state index in [9.17, 15) is 0 Å². The molecule has 0 aliphatic heterocycles. The highest BCUT2D eigenvalue weighted by molar-refractivity contribution is 6.83. The normalized spacial score (nSPS) is 19.9. The SMILES string of the molecule is C[Si](C)(C)C#Cc1ccc(/C2=C/CC/C=C\CC2)cc1. The van der Waals surface area contributed by atoms with Gasteiger partial charge in [-0.3, -0.25) is 0 Å². The summed E-state index contributed by atoms with van der Waals surface area (Å²) in [5.74, 6) is 3.32. The topological polar surface area (TPSA) is 0 Å². The van der Waals surface area contributed by atoms with E-state index in [0.717, 1.165) is 24.8 Å². The van der Waals surface area contributed by atoms with Gasteiger partial charge >= 0.3 is 0 Å². The molecule has 1 aliphatic rings. The van der Waals surface area contributed by atoms with Crippen molar-refractivity contribution in [3.05, 3.63) is 53.6 Å². The minimum absolute atomic E-state index is 1.14. The number of hydrogen-bond acceptors (Lipinski definition) is 0. The van der Waals surface area contributed by atoms with Crippen LogP contribution in [0.4, 0.5) is 0 Å². The summed E-state index contributed by atoms with van der Waals surface area (Å²) in [6, 6.07) is 8.78. The summed E-state index contributed by atoms with van der Waals surface area (Å²) in [5, 5.41) is 0. The standard InChI is InChI=1S/C19H24Si/c1-20(2,3)16-15-17-11-13-19(14-12-17)18-9-7-5-4-6-8-10-18/h4-5,10-14H,6-9H2,1-3H3/b5-4-,18-10+. The Labute approximate surface area is 124 Å². The molecule has 1 aromatic rings. The molecule has 0 amide bonds. The summed E-state index contributed by atoms with van der Waals surface area (Å²) < 4.78 is 0. The van der Waals surface area contributed by atoms with Crippen LogP contribution >= 0.6 is 0 Å². The third-order valence-electron chi connectivity index (χ3n) is 3.31. The maximum absolute atomic E-state index is 3.42. The fourth-order valence-corrected chi connectivity index (χ4v) is 2.74. The van der Waals surface area contributed by atoms with Crippen molar-refractivity contribution < 1.29 is 0 Å². The van der Waals surface area contributed by atoms with Crippen molar-refractivity contribution in [1.82, 2.24) is 0 Å². The van der Waals surface area contributed by atoms with E-state index >= 15 is 0 Å². The van der Waals surface area contributed by atoms with E-state index in [1.807, 2.05) is 0 Å². The minimum Gasteiger partial charge on any atom is -0.127 e. The predicted octanol–water partition coefficient (Wildman–Crippen LogP) is 5.43. The second-order valence-electron chi connectivity index (χ2n) is 6.39. The van der Waals surface area contributed by atoms with E-state index in [1.165, 1.54) is 17.6 Å². The van der Waals surface area contributed by atoms with Crippen LogP contribution < -0.4 is 0 Å². The molecule has 0 nitrogen and oxygen atoms in total. The molecule has 0 spiro atoms. The minimum atomic E-state index is -1.28. The maximum atomic E-state index is 3.42. The molecule has 0 radical (unpaired) electrons. The monoisotopic (exact) mass is 280 g/mol. The van der Waals surface area contributed by atoms with Crippen LogP contribution in [0.3, 0.4) is 0 Å². The lowest BCUT2D eigenvalue weighted by molar-refractivity contribution is 0.975. The molecule has 20 heavy (non-hydrogen) atoms. The highest BCUT2D eigenvalue weighted by Crippen LogP contribution is 2.23. The van der Waals surface area contributed by atoms with Crippen molar-refractivity contribution in [2.75, 3.05) is 0 Å². The van der Waals surface area contributed by atoms with Crippen molar-refractivity contribution in [3.63, 3.8) is 0 Å². The molecule has 0 aromatic heterocycles. The van der Waals surface area contributed by atoms with Crippen LogP contribution in [0.15, 0.2) is 42.5 Å². The van der Waals surface area contributed by atoms with E-state index in [2.05, 4.69) is 73.6 Å². The Balaban J connectivity index is 2.13. The van der Waals surface area contributed by atoms with E-state index in [4.69, 9.17) is 0 Å². The Bertz CT molecular complexity index is 557. The second kappa shape index (κ2) is 6.77. The quantitative estimate of drug-likeness (QED) is 0.365. The maximum Gasteiger partial charge on any atom is 0.129 e. The molecule has 1 aromatic carbocycles. The number of benzene rings is 1. The number of rotatable bonds is 1. The molecule has 0 atom stereocenters. The molecule has 1 heteroatoms. The van der Waals surface area contributed by atoms with Gasteiger partial charge in [0.15, 0.2) is 0 Å². The molecule has 0 fully saturated rings. The molecular weight excluding hydrogens is 256 g/mol. The first kappa shape index (κ1) is 14.9. The lowest BCUT2D eigenvalue weighted by Crippen LogP contribution is -2.16. The van der Waals surface area contributed by atoms with Gasteiger partial charge in [-0.15, -0.1) is 5.54 Å². The molecule has 0 unspecified atom stereocenters. The van der Waals surface area contributed by atoms with Crippen LogP contribution in [-0.4, -0.2) is 8.07 Å². The van der Waals surface area contributed by atoms with Crippen LogP contribution in [0.5, 0.6) is 0 Å². The molecular formula is C19H24Si. The van der Waals surface area contributed by atoms with Gasteiger partial charge in [0.05, 0.1) is 0 Å². The van der Waals surface area contributed by atoms with Crippen molar-refractivity contribution in [3.8, 4) is 11.5 Å². The van der Waals surface area contributed by atoms with E-state index in [1.54, 1.807) is 0 Å². The summed E-state index contributed by atoms with van der Waals surface area (Å²) in [7, 11) is -1.28. The van der Waals surface area contributed by atoms with Gasteiger partial charge in [0.25, 0.3) is 0 Å². The first-order valence-electron chi connectivity index (χ1n) is 7.52. The van der Waals surface area contributed by atoms with Crippen LogP contribution in [0, 0.1) is 11.5 Å². The Hall–Kier alpha value is -1.52. The van der Waals surface area contributed by atoms with E-state index in [0.29, 0.717) is 0 Å². The van der Waals surface area contributed by atoms with Gasteiger partial charge in [0.2, 0.25) is 0 Å². The predicted molar refractivity (Wildman–Crippen MR) is 92.3 cm³/mol. The molecule has 0 N–H and O–H groups in total. The van der Waals surface area contributed by atoms with Gasteiger partial charge in [-0.1, -0.05) is 55.9 Å². The first-order chi connectivity index (χ1) is 9.54. The lowest BCUT2D eigenvalue weighted by atomic mass is 9.97. The van der Waals surface area contributed by atoms with Crippen LogP contribution in [0.1, 0.15) is 36.8 Å². The summed E-state index contributed by atoms with van der Waals surface area (Å²) >= 11 is 0. The summed E-state index contributed by atoms with van der Waals surface area (Å²) in [6.07, 6.45) is 11.6. The zero-order chi connectivity index (χ0) is 14.4. The summed E-state index contributed by atoms with van der Waals surface area (Å²) in [5.41, 5.74) is 7.41. The molecule has 0 saturated carbocycles. The largest absolute Gasteiger partial charge is 0.129 e. The van der Waals surface area contributed by atoms with Gasteiger partial charge in [0.1, 0.15) is 8.07 Å². The molecule has 1 aliphatic carbocycles. The lowest BCUT2D eigenvalue weighted by Gasteiger charge is -2.09. The van der Waals surface area contributed by atoms with E-state index < -0.39 is 8.07 Å². The average Bonchev–Trinajstić information content (AvgIpc) is 2.36. The zero-order valence-corrected chi connectivity index (χ0v) is 13.9. The van der Waals surface area contributed by atoms with Crippen molar-refractivity contribution in [2.45, 2.75) is 45.3 Å². The highest BCUT2D eigenvalue weighted by atomic mass is 28.3. The molecule has 0 heterocycles. The molecule has 0 saturated heterocycles. The average molecular weight is 280 g/mol. The Kier molecular flexibility index (Phi) is 5.03. The zero-order valence-electron chi connectivity index (χ0n) is 12.9. The van der Waals surface area contributed by atoms with Crippen LogP contribution in [0.25, 0.3) is 5.57 Å². The van der Waals surface area contributed by atoms with Crippen LogP contribution in [0.2, 0.25) is 19.6 Å². The van der Waals surface area contributed by atoms with Gasteiger partial charge in [0, 0.05) is 5.56 Å².